The van der Waals surface area contributed by atoms with E-state index in [1.165, 1.54) is 30.2 Å². The number of nitrogens with zero attached hydrogens (tertiary/aromatic N) is 1. The van der Waals surface area contributed by atoms with Crippen LogP contribution in [0.5, 0.6) is 0 Å². The molecule has 0 spiro atoms. The summed E-state index contributed by atoms with van der Waals surface area (Å²) in [5, 5.41) is 21.7. The van der Waals surface area contributed by atoms with Gasteiger partial charge < -0.3 is 20.4 Å². The third kappa shape index (κ3) is 2.82. The Morgan fingerprint density at radius 3 is 2.62 bits per heavy atom. The zero-order valence-electron chi connectivity index (χ0n) is 12.6. The molecule has 1 saturated heterocycles. The molecule has 2 amide bonds. The van der Waals surface area contributed by atoms with Gasteiger partial charge in [0.1, 0.15) is 5.70 Å². The van der Waals surface area contributed by atoms with Crippen LogP contribution < -0.4 is 5.32 Å². The number of hydrogen-bond donors (Lipinski definition) is 3. The number of rotatable bonds is 4. The zero-order valence-corrected chi connectivity index (χ0v) is 13.4. The zero-order chi connectivity index (χ0) is 16.9. The van der Waals surface area contributed by atoms with E-state index in [2.05, 4.69) is 5.32 Å². The summed E-state index contributed by atoms with van der Waals surface area (Å²) < 4.78 is 0. The molecule has 3 N–H and O–H groups in total. The first-order chi connectivity index (χ1) is 10.9. The van der Waals surface area contributed by atoms with Gasteiger partial charge in [-0.25, -0.2) is 4.79 Å². The maximum atomic E-state index is 12.1. The number of aliphatic carboxylic acids is 1. The van der Waals surface area contributed by atoms with Crippen molar-refractivity contribution in [2.45, 2.75) is 25.5 Å². The normalized spacial score (nSPS) is 23.3. The number of aliphatic hydroxyl groups excluding tert-OH is 1. The number of carboxylic acid groups (broad SMARTS) is 1. The summed E-state index contributed by atoms with van der Waals surface area (Å²) in [5.74, 6) is -2.34. The van der Waals surface area contributed by atoms with E-state index in [1.54, 1.807) is 12.1 Å². The topological polar surface area (TPSA) is 107 Å². The summed E-state index contributed by atoms with van der Waals surface area (Å²) in [6.45, 7) is 1.53. The van der Waals surface area contributed by atoms with E-state index >= 15 is 0 Å². The van der Waals surface area contributed by atoms with Crippen LogP contribution in [0.3, 0.4) is 0 Å². The van der Waals surface area contributed by atoms with Crippen molar-refractivity contribution in [3.8, 4) is 0 Å². The van der Waals surface area contributed by atoms with E-state index in [1.807, 2.05) is 0 Å². The van der Waals surface area contributed by atoms with E-state index in [-0.39, 0.29) is 53.1 Å². The van der Waals surface area contributed by atoms with Crippen LogP contribution in [0.1, 0.15) is 27.9 Å². The van der Waals surface area contributed by atoms with E-state index in [0.717, 1.165) is 0 Å². The molecule has 2 aliphatic rings. The molecule has 24 heavy (non-hydrogen) atoms. The van der Waals surface area contributed by atoms with E-state index in [9.17, 15) is 24.6 Å². The summed E-state index contributed by atoms with van der Waals surface area (Å²) in [6.07, 6.45) is -0.445. The average Bonchev–Trinajstić information content (AvgIpc) is 3.08. The fourth-order valence-corrected chi connectivity index (χ4v) is 4.24. The van der Waals surface area contributed by atoms with Crippen molar-refractivity contribution < 1.29 is 24.6 Å². The minimum absolute atomic E-state index is 0. The number of aliphatic hydroxyl groups is 1. The van der Waals surface area contributed by atoms with Gasteiger partial charge in [0.05, 0.1) is 22.9 Å². The molecule has 1 aromatic heterocycles. The average molecular weight is 360 g/mol. The molecule has 0 aliphatic carbocycles. The SMILES string of the molecule is CNC(=O)c1ccc(C2=C(C(=O)O)N3C(=O)[C@H]([C@@H](C)O)[C@H]3C2)s1.[NaH]. The molecule has 0 aromatic carbocycles. The molecule has 3 atom stereocenters. The Hall–Kier alpha value is -1.19. The van der Waals surface area contributed by atoms with Crippen molar-refractivity contribution in [1.82, 2.24) is 10.2 Å². The van der Waals surface area contributed by atoms with Gasteiger partial charge in [-0.05, 0) is 25.5 Å². The first-order valence-electron chi connectivity index (χ1n) is 7.16. The number of hydrogen-bond acceptors (Lipinski definition) is 5. The number of amides is 2. The third-order valence-electron chi connectivity index (χ3n) is 4.29. The molecule has 0 saturated carbocycles. The second-order valence-corrected chi connectivity index (χ2v) is 6.71. The van der Waals surface area contributed by atoms with Crippen molar-refractivity contribution in [2.75, 3.05) is 7.05 Å². The predicted octanol–water partition coefficient (Wildman–Crippen LogP) is -0.134. The van der Waals surface area contributed by atoms with Crippen LogP contribution in [0.15, 0.2) is 17.8 Å². The molecule has 2 aliphatic heterocycles. The monoisotopic (exact) mass is 360 g/mol. The molecule has 3 rings (SSSR count). The Bertz CT molecular complexity index is 742. The molecular formula is C15H17N2NaO5S. The standard InChI is InChI=1S/C15H16N2O5S.Na.H/c1-6(18)11-8-5-7(12(15(21)22)17(8)14(11)20)9-3-4-10(23-9)13(19)16-2;;/h3-4,6,8,11,18H,5H2,1-2H3,(H,16,19)(H,21,22);;/t6-,8-,11-;;/m1../s1. The van der Waals surface area contributed by atoms with Crippen LogP contribution in [0.25, 0.3) is 5.57 Å². The summed E-state index contributed by atoms with van der Waals surface area (Å²) in [4.78, 5) is 37.8. The molecule has 9 heteroatoms. The van der Waals surface area contributed by atoms with Gasteiger partial charge in [0, 0.05) is 17.5 Å². The molecule has 124 valence electrons. The summed E-state index contributed by atoms with van der Waals surface area (Å²) in [7, 11) is 1.52. The van der Waals surface area contributed by atoms with Gasteiger partial charge in [-0.15, -0.1) is 11.3 Å². The van der Waals surface area contributed by atoms with Crippen LogP contribution >= 0.6 is 11.3 Å². The van der Waals surface area contributed by atoms with Crippen molar-refractivity contribution in [1.29, 1.82) is 0 Å². The fraction of sp³-hybridized carbons (Fsp3) is 0.400. The molecule has 3 heterocycles. The Kier molecular flexibility index (Phi) is 5.56. The van der Waals surface area contributed by atoms with Gasteiger partial charge in [0.2, 0.25) is 5.91 Å². The van der Waals surface area contributed by atoms with Crippen LogP contribution in [0, 0.1) is 5.92 Å². The molecule has 0 bridgehead atoms. The van der Waals surface area contributed by atoms with Gasteiger partial charge in [0.15, 0.2) is 0 Å². The first kappa shape index (κ1) is 19.1. The Morgan fingerprint density at radius 1 is 1.42 bits per heavy atom. The summed E-state index contributed by atoms with van der Waals surface area (Å²) >= 11 is 1.19. The Balaban J connectivity index is 0.00000208. The molecule has 7 nitrogen and oxygen atoms in total. The van der Waals surface area contributed by atoms with Gasteiger partial charge in [-0.1, -0.05) is 0 Å². The van der Waals surface area contributed by atoms with E-state index in [4.69, 9.17) is 0 Å². The molecule has 0 unspecified atom stereocenters. The molecular weight excluding hydrogens is 343 g/mol. The van der Waals surface area contributed by atoms with E-state index in [0.29, 0.717) is 21.7 Å². The van der Waals surface area contributed by atoms with Gasteiger partial charge in [-0.3, -0.25) is 9.59 Å². The second-order valence-electron chi connectivity index (χ2n) is 5.62. The Labute approximate surface area is 164 Å². The number of nitrogens with one attached hydrogen (secondary N) is 1. The van der Waals surface area contributed by atoms with Crippen molar-refractivity contribution in [3.63, 3.8) is 0 Å². The van der Waals surface area contributed by atoms with Crippen LogP contribution in [-0.2, 0) is 9.59 Å². The van der Waals surface area contributed by atoms with Crippen LogP contribution in [0.2, 0.25) is 0 Å². The third-order valence-corrected chi connectivity index (χ3v) is 5.43. The first-order valence-corrected chi connectivity index (χ1v) is 7.98. The number of fused-ring (bicyclic) bond motifs is 1. The Morgan fingerprint density at radius 2 is 2.08 bits per heavy atom. The predicted molar refractivity (Wildman–Crippen MR) is 89.8 cm³/mol. The minimum atomic E-state index is -1.17. The molecule has 1 aromatic rings. The van der Waals surface area contributed by atoms with Gasteiger partial charge >= 0.3 is 35.5 Å². The van der Waals surface area contributed by atoms with Crippen LogP contribution in [0.4, 0.5) is 0 Å². The van der Waals surface area contributed by atoms with Gasteiger partial charge in [0.25, 0.3) is 5.91 Å². The van der Waals surface area contributed by atoms with Crippen molar-refractivity contribution in [3.05, 3.63) is 27.6 Å². The number of thiophene rings is 1. The number of carbonyl (C=O) groups excluding carboxylic acids is 2. The van der Waals surface area contributed by atoms with Crippen molar-refractivity contribution in [2.24, 2.45) is 5.92 Å². The number of β-lactam (4-membered cyclic amide) rings is 1. The maximum absolute atomic E-state index is 12.1. The fourth-order valence-electron chi connectivity index (χ4n) is 3.24. The van der Waals surface area contributed by atoms with Crippen molar-refractivity contribution >= 4 is 64.3 Å². The van der Waals surface area contributed by atoms with E-state index < -0.39 is 18.0 Å². The van der Waals surface area contributed by atoms with Gasteiger partial charge in [-0.2, -0.15) is 0 Å². The number of carbonyl (C=O) groups is 3. The number of carboxylic acids is 1. The second kappa shape index (κ2) is 6.97. The summed E-state index contributed by atoms with van der Waals surface area (Å²) in [5.41, 5.74) is 0.501. The molecule has 1 fully saturated rings. The molecule has 0 radical (unpaired) electrons. The van der Waals surface area contributed by atoms with Crippen LogP contribution in [-0.4, -0.2) is 81.6 Å². The quantitative estimate of drug-likeness (QED) is 0.512. The summed E-state index contributed by atoms with van der Waals surface area (Å²) in [6, 6.07) is 3.00.